The standard InChI is InChI=1S/C17H27NO11/c1-15(2)6-16(3,13(23)24)28-5-8(20)10(21)11-9(18-12(15)22)7(19)4-17(27,29-11)14(25)26/h7-11,19-21,27H,4-6H2,1-3H3,(H,18,22)(H,23,24)(H,25,26)/t7?,8?,9-,10-,11?,16?,17+/m1/s1. The third-order valence-electron chi connectivity index (χ3n) is 5.37. The first-order valence-corrected chi connectivity index (χ1v) is 8.99. The number of rotatable bonds is 2. The lowest BCUT2D eigenvalue weighted by Gasteiger charge is -2.45. The smallest absolute Gasteiger partial charge is 0.364 e. The van der Waals surface area contributed by atoms with Crippen LogP contribution in [0.25, 0.3) is 0 Å². The molecule has 12 heteroatoms. The van der Waals surface area contributed by atoms with E-state index in [0.29, 0.717) is 0 Å². The first-order chi connectivity index (χ1) is 13.1. The lowest BCUT2D eigenvalue weighted by molar-refractivity contribution is -0.295. The van der Waals surface area contributed by atoms with Gasteiger partial charge in [-0.05, 0) is 6.92 Å². The SMILES string of the molecule is CC1(C)CC(C)(C(=O)O)OCC(O)[C@@H](O)C2O[C@](O)(C(=O)O)CC(O)[C@H]2NC1=O. The molecule has 0 aromatic heterocycles. The number of amides is 1. The molecule has 0 saturated carbocycles. The Morgan fingerprint density at radius 2 is 1.66 bits per heavy atom. The van der Waals surface area contributed by atoms with E-state index in [9.17, 15) is 45.0 Å². The Bertz CT molecular complexity index is 682. The summed E-state index contributed by atoms with van der Waals surface area (Å²) in [6, 6.07) is -1.39. The van der Waals surface area contributed by atoms with E-state index in [0.717, 1.165) is 0 Å². The molecule has 7 N–H and O–H groups in total. The van der Waals surface area contributed by atoms with E-state index in [4.69, 9.17) is 9.47 Å². The third kappa shape index (κ3) is 4.52. The normalized spacial score (nSPS) is 43.4. The minimum atomic E-state index is -2.86. The van der Waals surface area contributed by atoms with Gasteiger partial charge in [-0.2, -0.15) is 0 Å². The number of carbonyl (C=O) groups is 3. The summed E-state index contributed by atoms with van der Waals surface area (Å²) in [5, 5.41) is 62.4. The zero-order chi connectivity index (χ0) is 22.4. The van der Waals surface area contributed by atoms with Crippen LogP contribution in [0.1, 0.15) is 33.6 Å². The number of nitrogens with one attached hydrogen (secondary N) is 1. The van der Waals surface area contributed by atoms with E-state index in [1.807, 2.05) is 0 Å². The van der Waals surface area contributed by atoms with Crippen molar-refractivity contribution in [2.75, 3.05) is 6.61 Å². The predicted octanol–water partition coefficient (Wildman–Crippen LogP) is -2.59. The highest BCUT2D eigenvalue weighted by Gasteiger charge is 2.55. The van der Waals surface area contributed by atoms with Crippen LogP contribution < -0.4 is 5.32 Å². The van der Waals surface area contributed by atoms with Gasteiger partial charge in [-0.25, -0.2) is 9.59 Å². The highest BCUT2D eigenvalue weighted by Crippen LogP contribution is 2.35. The predicted molar refractivity (Wildman–Crippen MR) is 92.4 cm³/mol. The number of carboxylic acid groups (broad SMARTS) is 2. The maximum Gasteiger partial charge on any atom is 0.364 e. The van der Waals surface area contributed by atoms with Gasteiger partial charge in [0.05, 0.1) is 18.8 Å². The number of aliphatic hydroxyl groups is 4. The van der Waals surface area contributed by atoms with E-state index < -0.39 is 78.1 Å². The van der Waals surface area contributed by atoms with Gasteiger partial charge in [-0.1, -0.05) is 13.8 Å². The van der Waals surface area contributed by atoms with Crippen molar-refractivity contribution < 1.29 is 54.5 Å². The Labute approximate surface area is 166 Å². The largest absolute Gasteiger partial charge is 0.479 e. The summed E-state index contributed by atoms with van der Waals surface area (Å²) in [4.78, 5) is 35.9. The Morgan fingerprint density at radius 1 is 1.07 bits per heavy atom. The Kier molecular flexibility index (Phi) is 6.29. The molecule has 0 aromatic rings. The number of ether oxygens (including phenoxy) is 2. The van der Waals surface area contributed by atoms with E-state index in [2.05, 4.69) is 5.32 Å². The summed E-state index contributed by atoms with van der Waals surface area (Å²) in [6.07, 6.45) is -8.20. The van der Waals surface area contributed by atoms with Crippen LogP contribution in [0.3, 0.4) is 0 Å². The first-order valence-electron chi connectivity index (χ1n) is 8.99. The van der Waals surface area contributed by atoms with Crippen molar-refractivity contribution in [1.82, 2.24) is 5.32 Å². The van der Waals surface area contributed by atoms with Gasteiger partial charge < -0.3 is 45.4 Å². The van der Waals surface area contributed by atoms with E-state index in [1.54, 1.807) is 0 Å². The second kappa shape index (κ2) is 7.78. The molecule has 166 valence electrons. The lowest BCUT2D eigenvalue weighted by atomic mass is 9.79. The first kappa shape index (κ1) is 23.4. The fourth-order valence-electron chi connectivity index (χ4n) is 3.62. The number of aliphatic hydroxyl groups excluding tert-OH is 3. The molecular weight excluding hydrogens is 394 g/mol. The number of hydrogen-bond donors (Lipinski definition) is 7. The highest BCUT2D eigenvalue weighted by atomic mass is 16.7. The Morgan fingerprint density at radius 3 is 2.17 bits per heavy atom. The molecule has 12 nitrogen and oxygen atoms in total. The van der Waals surface area contributed by atoms with Crippen LogP contribution in [0.2, 0.25) is 0 Å². The maximum absolute atomic E-state index is 12.8. The van der Waals surface area contributed by atoms with Crippen molar-refractivity contribution in [3.8, 4) is 0 Å². The molecule has 2 fully saturated rings. The van der Waals surface area contributed by atoms with Gasteiger partial charge in [0.1, 0.15) is 18.3 Å². The molecule has 4 unspecified atom stereocenters. The fraction of sp³-hybridized carbons (Fsp3) is 0.824. The van der Waals surface area contributed by atoms with Crippen LogP contribution >= 0.6 is 0 Å². The molecule has 0 aromatic carbocycles. The van der Waals surface area contributed by atoms with Gasteiger partial charge in [0.25, 0.3) is 5.79 Å². The number of hydrogen-bond acceptors (Lipinski definition) is 9. The molecule has 0 radical (unpaired) electrons. The zero-order valence-electron chi connectivity index (χ0n) is 16.2. The van der Waals surface area contributed by atoms with Crippen molar-refractivity contribution in [1.29, 1.82) is 0 Å². The van der Waals surface area contributed by atoms with Gasteiger partial charge in [0.2, 0.25) is 5.91 Å². The summed E-state index contributed by atoms with van der Waals surface area (Å²) in [7, 11) is 0. The van der Waals surface area contributed by atoms with Gasteiger partial charge in [-0.15, -0.1) is 0 Å². The van der Waals surface area contributed by atoms with Crippen molar-refractivity contribution >= 4 is 17.8 Å². The fourth-order valence-corrected chi connectivity index (χ4v) is 3.62. The second-order valence-corrected chi connectivity index (χ2v) is 8.41. The van der Waals surface area contributed by atoms with Crippen molar-refractivity contribution in [3.05, 3.63) is 0 Å². The number of aliphatic carboxylic acids is 2. The number of fused-ring (bicyclic) bond motifs is 1. The zero-order valence-corrected chi connectivity index (χ0v) is 16.2. The van der Waals surface area contributed by atoms with Crippen molar-refractivity contribution in [3.63, 3.8) is 0 Å². The van der Waals surface area contributed by atoms with Crippen LogP contribution in [0.5, 0.6) is 0 Å². The molecule has 29 heavy (non-hydrogen) atoms. The molecular formula is C17H27NO11. The maximum atomic E-state index is 12.8. The highest BCUT2D eigenvalue weighted by molar-refractivity contribution is 5.84. The average Bonchev–Trinajstić information content (AvgIpc) is 2.60. The van der Waals surface area contributed by atoms with Crippen LogP contribution in [0.4, 0.5) is 0 Å². The number of carboxylic acids is 2. The van der Waals surface area contributed by atoms with E-state index in [-0.39, 0.29) is 6.42 Å². The summed E-state index contributed by atoms with van der Waals surface area (Å²) in [5.74, 6) is -6.81. The minimum absolute atomic E-state index is 0.308. The average molecular weight is 421 g/mol. The van der Waals surface area contributed by atoms with Crippen LogP contribution in [0, 0.1) is 5.41 Å². The third-order valence-corrected chi connectivity index (χ3v) is 5.37. The molecule has 2 saturated heterocycles. The lowest BCUT2D eigenvalue weighted by Crippen LogP contribution is -2.68. The molecule has 2 aliphatic rings. The van der Waals surface area contributed by atoms with E-state index >= 15 is 0 Å². The van der Waals surface area contributed by atoms with Crippen LogP contribution in [0.15, 0.2) is 0 Å². The van der Waals surface area contributed by atoms with Gasteiger partial charge >= 0.3 is 11.9 Å². The van der Waals surface area contributed by atoms with Crippen LogP contribution in [-0.2, 0) is 23.9 Å². The van der Waals surface area contributed by atoms with Crippen molar-refractivity contribution in [2.24, 2.45) is 5.41 Å². The molecule has 0 aliphatic carbocycles. The quantitative estimate of drug-likeness (QED) is 0.246. The van der Waals surface area contributed by atoms with Gasteiger partial charge in [-0.3, -0.25) is 4.79 Å². The Hall–Kier alpha value is -1.83. The Balaban J connectivity index is 2.47. The molecule has 2 heterocycles. The second-order valence-electron chi connectivity index (χ2n) is 8.41. The van der Waals surface area contributed by atoms with Gasteiger partial charge in [0, 0.05) is 18.3 Å². The molecule has 1 amide bonds. The van der Waals surface area contributed by atoms with Crippen molar-refractivity contribution in [2.45, 2.75) is 75.5 Å². The number of carbonyl (C=O) groups excluding carboxylic acids is 1. The molecule has 7 atom stereocenters. The monoisotopic (exact) mass is 421 g/mol. The summed E-state index contributed by atoms with van der Waals surface area (Å²) in [6.45, 7) is 3.40. The topological polar surface area (TPSA) is 203 Å². The minimum Gasteiger partial charge on any atom is -0.479 e. The molecule has 2 aliphatic heterocycles. The molecule has 0 spiro atoms. The molecule has 2 rings (SSSR count). The van der Waals surface area contributed by atoms with E-state index in [1.165, 1.54) is 20.8 Å². The summed E-state index contributed by atoms with van der Waals surface area (Å²) in [5.41, 5.74) is -3.23. The van der Waals surface area contributed by atoms with Crippen LogP contribution in [-0.4, -0.2) is 96.9 Å². The summed E-state index contributed by atoms with van der Waals surface area (Å²) >= 11 is 0. The molecule has 0 bridgehead atoms. The van der Waals surface area contributed by atoms with Gasteiger partial charge in [0.15, 0.2) is 5.60 Å². The summed E-state index contributed by atoms with van der Waals surface area (Å²) < 4.78 is 10.4.